The number of anilines is 1. The van der Waals surface area contributed by atoms with Crippen LogP contribution in [-0.2, 0) is 0 Å². The topological polar surface area (TPSA) is 64.4 Å². The van der Waals surface area contributed by atoms with Crippen LogP contribution >= 0.6 is 24.0 Å². The molecule has 1 rings (SSSR count). The number of rotatable bonds is 2. The van der Waals surface area contributed by atoms with E-state index in [4.69, 9.17) is 22.1 Å². The Labute approximate surface area is 99.1 Å². The minimum Gasteiger partial charge on any atom is -0.496 e. The summed E-state index contributed by atoms with van der Waals surface area (Å²) in [7, 11) is 3.00. The number of carbonyl (C=O) groups excluding carboxylic acids is 1. The van der Waals surface area contributed by atoms with Crippen LogP contribution in [0.25, 0.3) is 0 Å². The van der Waals surface area contributed by atoms with Gasteiger partial charge in [-0.3, -0.25) is 4.79 Å². The highest BCUT2D eigenvalue weighted by atomic mass is 35.5. The van der Waals surface area contributed by atoms with Gasteiger partial charge in [-0.25, -0.2) is 0 Å². The van der Waals surface area contributed by atoms with Crippen LogP contribution < -0.4 is 15.8 Å². The summed E-state index contributed by atoms with van der Waals surface area (Å²) in [5.74, 6) is 0.148. The molecule has 0 heterocycles. The summed E-state index contributed by atoms with van der Waals surface area (Å²) in [5, 5.41) is 2.82. The lowest BCUT2D eigenvalue weighted by atomic mass is 10.1. The molecular weight excluding hydrogens is 239 g/mol. The van der Waals surface area contributed by atoms with Crippen molar-refractivity contribution in [2.75, 3.05) is 19.9 Å². The van der Waals surface area contributed by atoms with Crippen LogP contribution in [0, 0.1) is 0 Å². The molecule has 3 N–H and O–H groups in total. The van der Waals surface area contributed by atoms with Crippen LogP contribution in [0.4, 0.5) is 5.69 Å². The van der Waals surface area contributed by atoms with Crippen molar-refractivity contribution in [3.05, 3.63) is 22.7 Å². The quantitative estimate of drug-likeness (QED) is 0.786. The molecule has 0 fully saturated rings. The Morgan fingerprint density at radius 3 is 2.60 bits per heavy atom. The molecule has 0 saturated carbocycles. The number of methoxy groups -OCH3 is 1. The first-order valence-electron chi connectivity index (χ1n) is 3.95. The van der Waals surface area contributed by atoms with Crippen molar-refractivity contribution in [2.45, 2.75) is 0 Å². The molecular formula is C9H12Cl2N2O2. The first-order chi connectivity index (χ1) is 6.60. The zero-order valence-electron chi connectivity index (χ0n) is 8.33. The fourth-order valence-corrected chi connectivity index (χ4v) is 1.21. The van der Waals surface area contributed by atoms with E-state index in [-0.39, 0.29) is 18.3 Å². The van der Waals surface area contributed by atoms with Crippen LogP contribution in [-0.4, -0.2) is 20.1 Å². The zero-order valence-corrected chi connectivity index (χ0v) is 9.91. The minimum absolute atomic E-state index is 0. The normalized spacial score (nSPS) is 9.00. The molecule has 84 valence electrons. The molecule has 0 unspecified atom stereocenters. The first-order valence-corrected chi connectivity index (χ1v) is 4.33. The zero-order chi connectivity index (χ0) is 10.7. The van der Waals surface area contributed by atoms with Crippen molar-refractivity contribution in [2.24, 2.45) is 0 Å². The maximum absolute atomic E-state index is 11.4. The minimum atomic E-state index is -0.260. The number of benzene rings is 1. The van der Waals surface area contributed by atoms with Gasteiger partial charge in [-0.2, -0.15) is 0 Å². The molecule has 1 aromatic carbocycles. The maximum atomic E-state index is 11.4. The van der Waals surface area contributed by atoms with E-state index in [9.17, 15) is 4.79 Å². The lowest BCUT2D eigenvalue weighted by molar-refractivity contribution is 0.0960. The summed E-state index contributed by atoms with van der Waals surface area (Å²) in [5.41, 5.74) is 6.32. The number of hydrogen-bond acceptors (Lipinski definition) is 3. The SMILES string of the molecule is CNC(=O)c1cc(Cl)c(N)cc1OC.Cl. The predicted molar refractivity (Wildman–Crippen MR) is 63.1 cm³/mol. The first kappa shape index (κ1) is 13.9. The van der Waals surface area contributed by atoms with Gasteiger partial charge in [0.05, 0.1) is 23.4 Å². The van der Waals surface area contributed by atoms with Crippen LogP contribution in [0.2, 0.25) is 5.02 Å². The average Bonchev–Trinajstić information content (AvgIpc) is 2.20. The Bertz CT molecular complexity index is 369. The Morgan fingerprint density at radius 2 is 2.13 bits per heavy atom. The largest absolute Gasteiger partial charge is 0.496 e. The number of carbonyl (C=O) groups is 1. The molecule has 0 aliphatic carbocycles. The lowest BCUT2D eigenvalue weighted by Crippen LogP contribution is -2.18. The van der Waals surface area contributed by atoms with E-state index in [2.05, 4.69) is 5.32 Å². The summed E-state index contributed by atoms with van der Waals surface area (Å²) < 4.78 is 5.00. The van der Waals surface area contributed by atoms with E-state index >= 15 is 0 Å². The van der Waals surface area contributed by atoms with E-state index < -0.39 is 0 Å². The van der Waals surface area contributed by atoms with Crippen LogP contribution in [0.1, 0.15) is 10.4 Å². The molecule has 0 saturated heterocycles. The summed E-state index contributed by atoms with van der Waals surface area (Å²) in [6.45, 7) is 0. The summed E-state index contributed by atoms with van der Waals surface area (Å²) >= 11 is 5.78. The van der Waals surface area contributed by atoms with Gasteiger partial charge < -0.3 is 15.8 Å². The van der Waals surface area contributed by atoms with E-state index in [1.54, 1.807) is 0 Å². The molecule has 1 aromatic rings. The number of ether oxygens (including phenoxy) is 1. The van der Waals surface area contributed by atoms with E-state index in [0.29, 0.717) is 22.0 Å². The van der Waals surface area contributed by atoms with Crippen molar-refractivity contribution in [3.8, 4) is 5.75 Å². The number of nitrogens with two attached hydrogens (primary N) is 1. The number of nitrogen functional groups attached to an aromatic ring is 1. The second-order valence-electron chi connectivity index (χ2n) is 2.65. The molecule has 0 spiro atoms. The molecule has 0 atom stereocenters. The molecule has 1 amide bonds. The molecule has 0 radical (unpaired) electrons. The Kier molecular flexibility index (Phi) is 5.25. The van der Waals surface area contributed by atoms with Crippen molar-refractivity contribution >= 4 is 35.6 Å². The molecule has 4 nitrogen and oxygen atoms in total. The van der Waals surface area contributed by atoms with Crippen LogP contribution in [0.15, 0.2) is 12.1 Å². The second-order valence-corrected chi connectivity index (χ2v) is 3.06. The van der Waals surface area contributed by atoms with Crippen molar-refractivity contribution in [3.63, 3.8) is 0 Å². The highest BCUT2D eigenvalue weighted by Gasteiger charge is 2.13. The monoisotopic (exact) mass is 250 g/mol. The maximum Gasteiger partial charge on any atom is 0.254 e. The average molecular weight is 251 g/mol. The van der Waals surface area contributed by atoms with Gasteiger partial charge in [0.15, 0.2) is 0 Å². The second kappa shape index (κ2) is 5.68. The fourth-order valence-electron chi connectivity index (χ4n) is 1.05. The molecule has 15 heavy (non-hydrogen) atoms. The standard InChI is InChI=1S/C9H11ClN2O2.ClH/c1-12-9(13)5-3-6(10)7(11)4-8(5)14-2;/h3-4H,11H2,1-2H3,(H,12,13);1H. The summed E-state index contributed by atoms with van der Waals surface area (Å²) in [6.07, 6.45) is 0. The highest BCUT2D eigenvalue weighted by molar-refractivity contribution is 6.33. The molecule has 0 bridgehead atoms. The van der Waals surface area contributed by atoms with E-state index in [1.807, 2.05) is 0 Å². The van der Waals surface area contributed by atoms with Gasteiger partial charge in [-0.1, -0.05) is 11.6 Å². The van der Waals surface area contributed by atoms with Gasteiger partial charge in [0.1, 0.15) is 5.75 Å². The number of amides is 1. The third kappa shape index (κ3) is 2.91. The Morgan fingerprint density at radius 1 is 1.53 bits per heavy atom. The van der Waals surface area contributed by atoms with Gasteiger partial charge >= 0.3 is 0 Å². The molecule has 6 heteroatoms. The van der Waals surface area contributed by atoms with Gasteiger partial charge in [0, 0.05) is 13.1 Å². The van der Waals surface area contributed by atoms with Crippen LogP contribution in [0.3, 0.4) is 0 Å². The van der Waals surface area contributed by atoms with Gasteiger partial charge in [-0.15, -0.1) is 12.4 Å². The van der Waals surface area contributed by atoms with Gasteiger partial charge in [0.2, 0.25) is 0 Å². The number of halogens is 2. The molecule has 0 aliphatic rings. The number of nitrogens with one attached hydrogen (secondary N) is 1. The van der Waals surface area contributed by atoms with Crippen molar-refractivity contribution in [1.29, 1.82) is 0 Å². The molecule has 0 aliphatic heterocycles. The smallest absolute Gasteiger partial charge is 0.254 e. The Hall–Kier alpha value is -1.13. The summed E-state index contributed by atoms with van der Waals surface area (Å²) in [6, 6.07) is 3.00. The number of hydrogen-bond donors (Lipinski definition) is 2. The third-order valence-electron chi connectivity index (χ3n) is 1.79. The van der Waals surface area contributed by atoms with Crippen LogP contribution in [0.5, 0.6) is 5.75 Å². The third-order valence-corrected chi connectivity index (χ3v) is 2.12. The van der Waals surface area contributed by atoms with E-state index in [0.717, 1.165) is 0 Å². The van der Waals surface area contributed by atoms with Gasteiger partial charge in [0.25, 0.3) is 5.91 Å². The van der Waals surface area contributed by atoms with Crippen molar-refractivity contribution in [1.82, 2.24) is 5.32 Å². The van der Waals surface area contributed by atoms with Gasteiger partial charge in [-0.05, 0) is 6.07 Å². The predicted octanol–water partition coefficient (Wildman–Crippen LogP) is 1.71. The fraction of sp³-hybridized carbons (Fsp3) is 0.222. The van der Waals surface area contributed by atoms with E-state index in [1.165, 1.54) is 26.3 Å². The van der Waals surface area contributed by atoms with Crippen molar-refractivity contribution < 1.29 is 9.53 Å². The lowest BCUT2D eigenvalue weighted by Gasteiger charge is -2.09. The summed E-state index contributed by atoms with van der Waals surface area (Å²) in [4.78, 5) is 11.4. The molecule has 0 aromatic heterocycles. The highest BCUT2D eigenvalue weighted by Crippen LogP contribution is 2.28. The Balaban J connectivity index is 0.00000196.